The SMILES string of the molecule is O=C(Cc1ccccc1)C1CCCN(C(=O)CCc2ccsc2)C1. The minimum atomic E-state index is -0.0101. The lowest BCUT2D eigenvalue weighted by Gasteiger charge is -2.32. The molecule has 0 radical (unpaired) electrons. The Morgan fingerprint density at radius 2 is 1.96 bits per heavy atom. The second kappa shape index (κ2) is 8.25. The number of aryl methyl sites for hydroxylation is 1. The molecule has 1 atom stereocenters. The Kier molecular flexibility index (Phi) is 5.81. The van der Waals surface area contributed by atoms with Crippen molar-refractivity contribution in [2.24, 2.45) is 5.92 Å². The second-order valence-corrected chi connectivity index (χ2v) is 7.22. The summed E-state index contributed by atoms with van der Waals surface area (Å²) in [5.41, 5.74) is 2.28. The predicted molar refractivity (Wildman–Crippen MR) is 97.1 cm³/mol. The maximum absolute atomic E-state index is 12.5. The maximum Gasteiger partial charge on any atom is 0.222 e. The summed E-state index contributed by atoms with van der Waals surface area (Å²) in [5, 5.41) is 4.13. The molecule has 1 saturated heterocycles. The smallest absolute Gasteiger partial charge is 0.222 e. The van der Waals surface area contributed by atoms with Crippen LogP contribution in [0.15, 0.2) is 47.2 Å². The number of Topliss-reactive ketones (excluding diaryl/α,β-unsaturated/α-hetero) is 1. The lowest BCUT2D eigenvalue weighted by atomic mass is 9.90. The summed E-state index contributed by atoms with van der Waals surface area (Å²) < 4.78 is 0. The topological polar surface area (TPSA) is 37.4 Å². The highest BCUT2D eigenvalue weighted by Gasteiger charge is 2.27. The molecule has 2 aromatic rings. The Bertz CT molecular complexity index is 666. The molecule has 1 aromatic carbocycles. The Hall–Kier alpha value is -1.94. The number of rotatable bonds is 6. The van der Waals surface area contributed by atoms with Gasteiger partial charge in [-0.15, -0.1) is 0 Å². The third-order valence-corrected chi connectivity index (χ3v) is 5.39. The number of hydrogen-bond donors (Lipinski definition) is 0. The van der Waals surface area contributed by atoms with Crippen molar-refractivity contribution >= 4 is 23.0 Å². The van der Waals surface area contributed by atoms with Crippen LogP contribution in [0.4, 0.5) is 0 Å². The number of carbonyl (C=O) groups excluding carboxylic acids is 2. The number of thiophene rings is 1. The standard InChI is InChI=1S/C20H23NO2S/c22-19(13-16-5-2-1-3-6-16)18-7-4-11-21(14-18)20(23)9-8-17-10-12-24-15-17/h1-3,5-6,10,12,15,18H,4,7-9,11,13-14H2. The first-order valence-corrected chi connectivity index (χ1v) is 9.52. The van der Waals surface area contributed by atoms with Gasteiger partial charge in [0, 0.05) is 31.8 Å². The van der Waals surface area contributed by atoms with E-state index in [0.717, 1.165) is 31.4 Å². The first-order valence-electron chi connectivity index (χ1n) is 8.58. The normalized spacial score (nSPS) is 17.7. The van der Waals surface area contributed by atoms with E-state index in [1.54, 1.807) is 11.3 Å². The van der Waals surface area contributed by atoms with Gasteiger partial charge in [0.2, 0.25) is 5.91 Å². The van der Waals surface area contributed by atoms with Gasteiger partial charge in [0.05, 0.1) is 0 Å². The number of carbonyl (C=O) groups is 2. The van der Waals surface area contributed by atoms with Gasteiger partial charge in [-0.25, -0.2) is 0 Å². The minimum Gasteiger partial charge on any atom is -0.342 e. The fraction of sp³-hybridized carbons (Fsp3) is 0.400. The van der Waals surface area contributed by atoms with Crippen LogP contribution in [0, 0.1) is 5.92 Å². The van der Waals surface area contributed by atoms with Gasteiger partial charge >= 0.3 is 0 Å². The summed E-state index contributed by atoms with van der Waals surface area (Å²) in [7, 11) is 0. The second-order valence-electron chi connectivity index (χ2n) is 6.44. The summed E-state index contributed by atoms with van der Waals surface area (Å²) in [6, 6.07) is 11.9. The molecule has 3 rings (SSSR count). The predicted octanol–water partition coefficient (Wildman–Crippen LogP) is 3.73. The first-order chi connectivity index (χ1) is 11.7. The molecule has 2 heterocycles. The molecule has 0 N–H and O–H groups in total. The van der Waals surface area contributed by atoms with Crippen LogP contribution in [0.25, 0.3) is 0 Å². The summed E-state index contributed by atoms with van der Waals surface area (Å²) >= 11 is 1.66. The minimum absolute atomic E-state index is 0.0101. The highest BCUT2D eigenvalue weighted by Crippen LogP contribution is 2.20. The summed E-state index contributed by atoms with van der Waals surface area (Å²) in [5.74, 6) is 0.430. The molecule has 24 heavy (non-hydrogen) atoms. The molecule has 1 aliphatic rings. The van der Waals surface area contributed by atoms with E-state index in [0.29, 0.717) is 19.4 Å². The quantitative estimate of drug-likeness (QED) is 0.803. The summed E-state index contributed by atoms with van der Waals surface area (Å²) in [4.78, 5) is 26.9. The van der Waals surface area contributed by atoms with E-state index in [1.165, 1.54) is 5.56 Å². The van der Waals surface area contributed by atoms with Crippen molar-refractivity contribution < 1.29 is 9.59 Å². The van der Waals surface area contributed by atoms with Gasteiger partial charge < -0.3 is 4.90 Å². The van der Waals surface area contributed by atoms with Crippen LogP contribution >= 0.6 is 11.3 Å². The van der Waals surface area contributed by atoms with E-state index < -0.39 is 0 Å². The van der Waals surface area contributed by atoms with Gasteiger partial charge in [-0.05, 0) is 47.2 Å². The van der Waals surface area contributed by atoms with Gasteiger partial charge in [-0.2, -0.15) is 11.3 Å². The van der Waals surface area contributed by atoms with Crippen LogP contribution in [0.1, 0.15) is 30.4 Å². The van der Waals surface area contributed by atoms with Crippen molar-refractivity contribution in [3.05, 3.63) is 58.3 Å². The molecule has 4 heteroatoms. The lowest BCUT2D eigenvalue weighted by Crippen LogP contribution is -2.42. The number of likely N-dealkylation sites (tertiary alicyclic amines) is 1. The monoisotopic (exact) mass is 341 g/mol. The molecule has 3 nitrogen and oxygen atoms in total. The highest BCUT2D eigenvalue weighted by atomic mass is 32.1. The van der Waals surface area contributed by atoms with Gasteiger partial charge in [-0.3, -0.25) is 9.59 Å². The Morgan fingerprint density at radius 3 is 2.71 bits per heavy atom. The maximum atomic E-state index is 12.5. The van der Waals surface area contributed by atoms with Crippen molar-refractivity contribution in [3.63, 3.8) is 0 Å². The molecule has 1 aromatic heterocycles. The third-order valence-electron chi connectivity index (χ3n) is 4.66. The van der Waals surface area contributed by atoms with Crippen LogP contribution < -0.4 is 0 Å². The summed E-state index contributed by atoms with van der Waals surface area (Å²) in [6.07, 6.45) is 3.63. The number of benzene rings is 1. The van der Waals surface area contributed by atoms with Crippen LogP contribution in [0.2, 0.25) is 0 Å². The number of piperidine rings is 1. The molecule has 1 unspecified atom stereocenters. The average molecular weight is 341 g/mol. The molecule has 0 aliphatic carbocycles. The zero-order valence-corrected chi connectivity index (χ0v) is 14.6. The van der Waals surface area contributed by atoms with Crippen LogP contribution in [-0.4, -0.2) is 29.7 Å². The van der Waals surface area contributed by atoms with Crippen molar-refractivity contribution in [1.29, 1.82) is 0 Å². The highest BCUT2D eigenvalue weighted by molar-refractivity contribution is 7.07. The molecule has 126 valence electrons. The zero-order valence-electron chi connectivity index (χ0n) is 13.8. The summed E-state index contributed by atoms with van der Waals surface area (Å²) in [6.45, 7) is 1.38. The van der Waals surface area contributed by atoms with Crippen LogP contribution in [-0.2, 0) is 22.4 Å². The first kappa shape index (κ1) is 16.9. The largest absolute Gasteiger partial charge is 0.342 e. The van der Waals surface area contributed by atoms with E-state index in [-0.39, 0.29) is 17.6 Å². The number of hydrogen-bond acceptors (Lipinski definition) is 3. The van der Waals surface area contributed by atoms with Gasteiger partial charge in [0.25, 0.3) is 0 Å². The van der Waals surface area contributed by atoms with Gasteiger partial charge in [0.1, 0.15) is 5.78 Å². The molecule has 0 bridgehead atoms. The van der Waals surface area contributed by atoms with E-state index in [2.05, 4.69) is 11.4 Å². The number of ketones is 1. The Balaban J connectivity index is 1.51. The van der Waals surface area contributed by atoms with E-state index in [1.807, 2.05) is 40.6 Å². The molecule has 0 saturated carbocycles. The van der Waals surface area contributed by atoms with E-state index >= 15 is 0 Å². The fourth-order valence-corrected chi connectivity index (χ4v) is 3.96. The molecule has 1 fully saturated rings. The Labute approximate surface area is 147 Å². The van der Waals surface area contributed by atoms with Crippen molar-refractivity contribution in [3.8, 4) is 0 Å². The molecule has 1 aliphatic heterocycles. The Morgan fingerprint density at radius 1 is 1.12 bits per heavy atom. The molecule has 0 spiro atoms. The lowest BCUT2D eigenvalue weighted by molar-refractivity contribution is -0.135. The molecular formula is C20H23NO2S. The molecular weight excluding hydrogens is 318 g/mol. The fourth-order valence-electron chi connectivity index (χ4n) is 3.25. The van der Waals surface area contributed by atoms with Gasteiger partial charge in [-0.1, -0.05) is 30.3 Å². The van der Waals surface area contributed by atoms with E-state index in [9.17, 15) is 9.59 Å². The molecule has 1 amide bonds. The van der Waals surface area contributed by atoms with Crippen molar-refractivity contribution in [1.82, 2.24) is 4.90 Å². The number of nitrogens with zero attached hydrogens (tertiary/aromatic N) is 1. The van der Waals surface area contributed by atoms with Crippen molar-refractivity contribution in [2.45, 2.75) is 32.1 Å². The third kappa shape index (κ3) is 4.54. The van der Waals surface area contributed by atoms with Crippen LogP contribution in [0.5, 0.6) is 0 Å². The van der Waals surface area contributed by atoms with E-state index in [4.69, 9.17) is 0 Å². The average Bonchev–Trinajstić information content (AvgIpc) is 3.14. The van der Waals surface area contributed by atoms with Crippen molar-refractivity contribution in [2.75, 3.05) is 13.1 Å². The zero-order chi connectivity index (χ0) is 16.8. The van der Waals surface area contributed by atoms with Gasteiger partial charge in [0.15, 0.2) is 0 Å². The van der Waals surface area contributed by atoms with Crippen LogP contribution in [0.3, 0.4) is 0 Å². The number of amides is 1.